The van der Waals surface area contributed by atoms with Gasteiger partial charge in [0.25, 0.3) is 0 Å². The van der Waals surface area contributed by atoms with E-state index in [1.54, 1.807) is 6.07 Å². The number of ether oxygens (including phenoxy) is 2. The van der Waals surface area contributed by atoms with Gasteiger partial charge >= 0.3 is 5.97 Å². The molecule has 0 radical (unpaired) electrons. The van der Waals surface area contributed by atoms with Crippen molar-refractivity contribution in [3.05, 3.63) is 59.1 Å². The van der Waals surface area contributed by atoms with E-state index in [1.165, 1.54) is 12.1 Å². The molecule has 2 aromatic carbocycles. The topological polar surface area (TPSA) is 137 Å². The third-order valence-corrected chi connectivity index (χ3v) is 8.40. The number of nitrogens with two attached hydrogens (primary N) is 1. The van der Waals surface area contributed by atoms with E-state index in [-0.39, 0.29) is 28.7 Å². The molecule has 1 fully saturated rings. The highest BCUT2D eigenvalue weighted by atomic mass is 35.5. The lowest BCUT2D eigenvalue weighted by Gasteiger charge is -2.29. The predicted molar refractivity (Wildman–Crippen MR) is 115 cm³/mol. The van der Waals surface area contributed by atoms with E-state index in [2.05, 4.69) is 0 Å². The van der Waals surface area contributed by atoms with Gasteiger partial charge in [0, 0.05) is 5.92 Å². The number of nitrogens with zero attached hydrogens (tertiary/aromatic N) is 1. The van der Waals surface area contributed by atoms with Gasteiger partial charge in [-0.3, -0.25) is 9.59 Å². The molecule has 3 atom stereocenters. The molecular weight excluding hydrogens is 494 g/mol. The lowest BCUT2D eigenvalue weighted by molar-refractivity contribution is -0.162. The van der Waals surface area contributed by atoms with E-state index in [1.807, 2.05) is 0 Å². The van der Waals surface area contributed by atoms with Gasteiger partial charge in [-0.1, -0.05) is 11.6 Å². The molecule has 2 aromatic rings. The van der Waals surface area contributed by atoms with Gasteiger partial charge in [0.1, 0.15) is 23.5 Å². The highest BCUT2D eigenvalue weighted by molar-refractivity contribution is 7.92. The number of primary amides is 1. The number of hydrogen-bond acceptors (Lipinski definition) is 7. The van der Waals surface area contributed by atoms with Crippen LogP contribution in [0.4, 0.5) is 8.78 Å². The van der Waals surface area contributed by atoms with Crippen molar-refractivity contribution in [1.82, 2.24) is 0 Å². The number of amides is 1. The third-order valence-electron chi connectivity index (χ3n) is 5.77. The van der Waals surface area contributed by atoms with Gasteiger partial charge in [0.15, 0.2) is 21.9 Å². The van der Waals surface area contributed by atoms with E-state index >= 15 is 0 Å². The zero-order chi connectivity index (χ0) is 25.1. The number of benzene rings is 2. The van der Waals surface area contributed by atoms with E-state index < -0.39 is 63.0 Å². The largest absolute Gasteiger partial charge is 0.493 e. The molecule has 0 spiro atoms. The maximum Gasteiger partial charge on any atom is 0.323 e. The van der Waals surface area contributed by atoms with Crippen molar-refractivity contribution in [2.24, 2.45) is 17.1 Å². The Hall–Kier alpha value is -3.23. The Morgan fingerprint density at radius 3 is 2.41 bits per heavy atom. The molecule has 0 aromatic heterocycles. The maximum atomic E-state index is 13.4. The molecule has 0 bridgehead atoms. The van der Waals surface area contributed by atoms with Crippen LogP contribution in [-0.2, 0) is 24.2 Å². The minimum absolute atomic E-state index is 0.207. The molecule has 180 valence electrons. The van der Waals surface area contributed by atoms with Gasteiger partial charge in [-0.2, -0.15) is 5.26 Å². The van der Waals surface area contributed by atoms with Crippen LogP contribution in [0.25, 0.3) is 0 Å². The fraction of sp³-hybridized carbons (Fsp3) is 0.318. The van der Waals surface area contributed by atoms with Gasteiger partial charge < -0.3 is 15.2 Å². The van der Waals surface area contributed by atoms with Crippen LogP contribution in [0.3, 0.4) is 0 Å². The van der Waals surface area contributed by atoms with Crippen molar-refractivity contribution in [2.75, 3.05) is 13.2 Å². The van der Waals surface area contributed by atoms with Gasteiger partial charge in [0.05, 0.1) is 21.8 Å². The molecule has 8 nitrogen and oxygen atoms in total. The first-order valence-corrected chi connectivity index (χ1v) is 11.9. The van der Waals surface area contributed by atoms with Crippen LogP contribution < -0.4 is 10.5 Å². The van der Waals surface area contributed by atoms with Crippen LogP contribution >= 0.6 is 11.6 Å². The summed E-state index contributed by atoms with van der Waals surface area (Å²) in [5.41, 5.74) is 3.46. The molecular formula is C22H19ClF2N2O6S. The number of hydrogen-bond donors (Lipinski definition) is 1. The fourth-order valence-corrected chi connectivity index (χ4v) is 6.47. The Kier molecular flexibility index (Phi) is 7.43. The van der Waals surface area contributed by atoms with Crippen molar-refractivity contribution < 1.29 is 36.3 Å². The first kappa shape index (κ1) is 25.4. The molecule has 1 aliphatic rings. The summed E-state index contributed by atoms with van der Waals surface area (Å²) in [6, 6.07) is 9.26. The van der Waals surface area contributed by atoms with Crippen molar-refractivity contribution in [3.63, 3.8) is 0 Å². The second kappa shape index (κ2) is 9.95. The zero-order valence-corrected chi connectivity index (χ0v) is 19.1. The quantitative estimate of drug-likeness (QED) is 0.326. The minimum Gasteiger partial charge on any atom is -0.493 e. The fourth-order valence-electron chi connectivity index (χ4n) is 4.07. The van der Waals surface area contributed by atoms with Crippen LogP contribution in [0, 0.1) is 34.3 Å². The highest BCUT2D eigenvalue weighted by Crippen LogP contribution is 2.49. The molecule has 0 saturated heterocycles. The summed E-state index contributed by atoms with van der Waals surface area (Å²) in [4.78, 5) is 25.1. The summed E-state index contributed by atoms with van der Waals surface area (Å²) >= 11 is 5.95. The van der Waals surface area contributed by atoms with E-state index in [4.69, 9.17) is 32.1 Å². The summed E-state index contributed by atoms with van der Waals surface area (Å²) < 4.78 is 63.7. The highest BCUT2D eigenvalue weighted by Gasteiger charge is 2.61. The van der Waals surface area contributed by atoms with Crippen molar-refractivity contribution >= 4 is 33.3 Å². The average Bonchev–Trinajstić information content (AvgIpc) is 3.18. The van der Waals surface area contributed by atoms with E-state index in [0.29, 0.717) is 0 Å². The van der Waals surface area contributed by atoms with Crippen molar-refractivity contribution in [1.29, 1.82) is 5.26 Å². The molecule has 2 N–H and O–H groups in total. The number of nitriles is 1. The second-order valence-electron chi connectivity index (χ2n) is 7.71. The number of halogens is 3. The van der Waals surface area contributed by atoms with E-state index in [0.717, 1.165) is 30.3 Å². The SMILES string of the molecule is N#CCOC(=O)[C@]1(C(N)=O)C[C@H](S(=O)(=O)c2ccc(F)cc2Cl)C[C@H]1COc1ccc(F)cc1. The van der Waals surface area contributed by atoms with Crippen LogP contribution in [0.5, 0.6) is 5.75 Å². The first-order chi connectivity index (χ1) is 16.0. The Morgan fingerprint density at radius 1 is 1.18 bits per heavy atom. The number of carbonyl (C=O) groups is 2. The van der Waals surface area contributed by atoms with Crippen LogP contribution in [-0.4, -0.2) is 38.8 Å². The Morgan fingerprint density at radius 2 is 1.82 bits per heavy atom. The summed E-state index contributed by atoms with van der Waals surface area (Å²) in [7, 11) is -4.25. The molecule has 12 heteroatoms. The number of rotatable bonds is 8. The Labute approximate surface area is 199 Å². The number of esters is 1. The molecule has 1 amide bonds. The first-order valence-electron chi connectivity index (χ1n) is 9.93. The standard InChI is InChI=1S/C22H19ClF2N2O6S/c23-18-10-15(25)3-6-19(18)34(30,31)17-9-13(12-33-16-4-1-14(24)2-5-16)22(11-17,20(27)28)21(29)32-8-7-26/h1-6,10,13,17H,8-9,11-12H2,(H2,27,28)/t13-,17+,22+/m0/s1. The molecule has 34 heavy (non-hydrogen) atoms. The normalized spacial score (nSPS) is 22.1. The van der Waals surface area contributed by atoms with Crippen LogP contribution in [0.15, 0.2) is 47.4 Å². The van der Waals surface area contributed by atoms with Gasteiger partial charge in [0.2, 0.25) is 5.91 Å². The lowest BCUT2D eigenvalue weighted by atomic mass is 9.77. The number of sulfone groups is 1. The maximum absolute atomic E-state index is 13.4. The Bertz CT molecular complexity index is 1250. The van der Waals surface area contributed by atoms with Crippen molar-refractivity contribution in [3.8, 4) is 11.8 Å². The van der Waals surface area contributed by atoms with Gasteiger partial charge in [-0.05, 0) is 55.3 Å². The molecule has 1 saturated carbocycles. The lowest BCUT2D eigenvalue weighted by Crippen LogP contribution is -2.49. The van der Waals surface area contributed by atoms with E-state index in [9.17, 15) is 26.8 Å². The average molecular weight is 513 g/mol. The van der Waals surface area contributed by atoms with Crippen LogP contribution in [0.2, 0.25) is 5.02 Å². The van der Waals surface area contributed by atoms with Crippen LogP contribution in [0.1, 0.15) is 12.8 Å². The summed E-state index contributed by atoms with van der Waals surface area (Å²) in [6.07, 6.45) is -0.804. The molecule has 1 aliphatic carbocycles. The summed E-state index contributed by atoms with van der Waals surface area (Å²) in [5.74, 6) is -4.42. The molecule has 0 heterocycles. The van der Waals surface area contributed by atoms with Gasteiger partial charge in [-0.25, -0.2) is 17.2 Å². The monoisotopic (exact) mass is 512 g/mol. The molecule has 3 rings (SSSR count). The molecule has 0 unspecified atom stereocenters. The Balaban J connectivity index is 1.99. The summed E-state index contributed by atoms with van der Waals surface area (Å²) in [6.45, 7) is -1.01. The van der Waals surface area contributed by atoms with Gasteiger partial charge in [-0.15, -0.1) is 0 Å². The minimum atomic E-state index is -4.25. The smallest absolute Gasteiger partial charge is 0.323 e. The predicted octanol–water partition coefficient (Wildman–Crippen LogP) is 2.79. The second-order valence-corrected chi connectivity index (χ2v) is 10.3. The zero-order valence-electron chi connectivity index (χ0n) is 17.5. The van der Waals surface area contributed by atoms with Crippen molar-refractivity contribution in [2.45, 2.75) is 23.0 Å². The third kappa shape index (κ3) is 4.83. The molecule has 0 aliphatic heterocycles. The summed E-state index contributed by atoms with van der Waals surface area (Å²) in [5, 5.41) is 7.09. The number of carbonyl (C=O) groups excluding carboxylic acids is 2.